The highest BCUT2D eigenvalue weighted by molar-refractivity contribution is 6.10. The van der Waals surface area contributed by atoms with Crippen molar-refractivity contribution in [3.05, 3.63) is 89.8 Å². The molecule has 3 aromatic rings. The number of rotatable bonds is 6. The van der Waals surface area contributed by atoms with Crippen molar-refractivity contribution in [2.45, 2.75) is 0 Å². The maximum absolute atomic E-state index is 13.9. The Morgan fingerprint density at radius 2 is 1.66 bits per heavy atom. The summed E-state index contributed by atoms with van der Waals surface area (Å²) in [5, 5.41) is 12.0. The molecule has 144 valence electrons. The minimum atomic E-state index is -0.604. The van der Waals surface area contributed by atoms with Gasteiger partial charge >= 0.3 is 0 Å². The second kappa shape index (κ2) is 9.20. The lowest BCUT2D eigenvalue weighted by atomic mass is 10.1. The van der Waals surface area contributed by atoms with Gasteiger partial charge in [-0.15, -0.1) is 0 Å². The minimum absolute atomic E-state index is 0.0310. The molecule has 0 bridgehead atoms. The zero-order valence-corrected chi connectivity index (χ0v) is 15.6. The predicted molar refractivity (Wildman–Crippen MR) is 108 cm³/mol. The van der Waals surface area contributed by atoms with Gasteiger partial charge < -0.3 is 14.8 Å². The molecule has 0 saturated heterocycles. The Hall–Kier alpha value is -4.11. The van der Waals surface area contributed by atoms with Crippen LogP contribution in [-0.4, -0.2) is 13.0 Å². The van der Waals surface area contributed by atoms with Crippen molar-refractivity contribution in [3.8, 4) is 23.3 Å². The number of amides is 1. The fourth-order valence-corrected chi connectivity index (χ4v) is 2.51. The van der Waals surface area contributed by atoms with Gasteiger partial charge in [-0.2, -0.15) is 5.26 Å². The Kier molecular flexibility index (Phi) is 6.23. The van der Waals surface area contributed by atoms with Gasteiger partial charge in [-0.25, -0.2) is 4.39 Å². The van der Waals surface area contributed by atoms with E-state index in [9.17, 15) is 14.4 Å². The summed E-state index contributed by atoms with van der Waals surface area (Å²) in [7, 11) is 1.56. The zero-order valence-electron chi connectivity index (χ0n) is 15.6. The lowest BCUT2D eigenvalue weighted by Crippen LogP contribution is -2.14. The maximum Gasteiger partial charge on any atom is 0.266 e. The van der Waals surface area contributed by atoms with E-state index in [0.29, 0.717) is 17.0 Å². The fraction of sp³-hybridized carbons (Fsp3) is 0.0435. The number of nitrogens with zero attached hydrogens (tertiary/aromatic N) is 1. The van der Waals surface area contributed by atoms with Crippen molar-refractivity contribution in [2.75, 3.05) is 12.4 Å². The molecule has 1 N–H and O–H groups in total. The van der Waals surface area contributed by atoms with Crippen LogP contribution in [0.2, 0.25) is 0 Å². The molecule has 0 spiro atoms. The van der Waals surface area contributed by atoms with Gasteiger partial charge in [-0.05, 0) is 48.0 Å². The van der Waals surface area contributed by atoms with E-state index in [1.54, 1.807) is 67.8 Å². The molecule has 0 aliphatic rings. The average molecular weight is 388 g/mol. The topological polar surface area (TPSA) is 71.3 Å². The van der Waals surface area contributed by atoms with E-state index in [1.807, 2.05) is 6.07 Å². The van der Waals surface area contributed by atoms with Gasteiger partial charge in [0.25, 0.3) is 5.91 Å². The van der Waals surface area contributed by atoms with Gasteiger partial charge in [0.05, 0.1) is 12.8 Å². The van der Waals surface area contributed by atoms with Crippen LogP contribution in [-0.2, 0) is 4.79 Å². The molecule has 0 aliphatic carbocycles. The average Bonchev–Trinajstić information content (AvgIpc) is 2.75. The quantitative estimate of drug-likeness (QED) is 0.467. The molecule has 0 radical (unpaired) electrons. The first-order valence-corrected chi connectivity index (χ1v) is 8.69. The van der Waals surface area contributed by atoms with Crippen LogP contribution in [0.15, 0.2) is 78.4 Å². The van der Waals surface area contributed by atoms with E-state index in [2.05, 4.69) is 5.32 Å². The van der Waals surface area contributed by atoms with Crippen molar-refractivity contribution >= 4 is 17.7 Å². The maximum atomic E-state index is 13.9. The molecule has 0 atom stereocenters. The number of methoxy groups -OCH3 is 1. The highest BCUT2D eigenvalue weighted by atomic mass is 19.1. The Bertz CT molecular complexity index is 1090. The Morgan fingerprint density at radius 1 is 1.00 bits per heavy atom. The van der Waals surface area contributed by atoms with E-state index < -0.39 is 11.7 Å². The monoisotopic (exact) mass is 388 g/mol. The number of anilines is 1. The first-order chi connectivity index (χ1) is 14.1. The number of carbonyl (C=O) groups excluding carboxylic acids is 1. The number of hydrogen-bond donors (Lipinski definition) is 1. The van der Waals surface area contributed by atoms with Crippen LogP contribution in [0, 0.1) is 17.1 Å². The van der Waals surface area contributed by atoms with Crippen molar-refractivity contribution in [2.24, 2.45) is 0 Å². The molecular formula is C23H17FN2O3. The molecule has 0 saturated carbocycles. The summed E-state index contributed by atoms with van der Waals surface area (Å²) in [6.45, 7) is 0. The lowest BCUT2D eigenvalue weighted by molar-refractivity contribution is -0.112. The largest absolute Gasteiger partial charge is 0.497 e. The third-order valence-electron chi connectivity index (χ3n) is 3.98. The molecule has 29 heavy (non-hydrogen) atoms. The second-order valence-corrected chi connectivity index (χ2v) is 5.93. The van der Waals surface area contributed by atoms with E-state index in [1.165, 1.54) is 18.2 Å². The lowest BCUT2D eigenvalue weighted by Gasteiger charge is -2.12. The third kappa shape index (κ3) is 4.99. The second-order valence-electron chi connectivity index (χ2n) is 5.93. The summed E-state index contributed by atoms with van der Waals surface area (Å²) in [4.78, 5) is 12.6. The first-order valence-electron chi connectivity index (χ1n) is 8.69. The van der Waals surface area contributed by atoms with Crippen molar-refractivity contribution in [3.63, 3.8) is 0 Å². The van der Waals surface area contributed by atoms with E-state index in [4.69, 9.17) is 9.47 Å². The number of ether oxygens (including phenoxy) is 2. The first kappa shape index (κ1) is 19.6. The van der Waals surface area contributed by atoms with Gasteiger partial charge in [0.1, 0.15) is 17.4 Å². The number of hydrogen-bond acceptors (Lipinski definition) is 4. The predicted octanol–water partition coefficient (Wildman–Crippen LogP) is 5.17. The molecule has 0 unspecified atom stereocenters. The van der Waals surface area contributed by atoms with Crippen LogP contribution in [0.3, 0.4) is 0 Å². The Balaban J connectivity index is 1.81. The van der Waals surface area contributed by atoms with Crippen LogP contribution in [0.4, 0.5) is 10.1 Å². The zero-order chi connectivity index (χ0) is 20.6. The smallest absolute Gasteiger partial charge is 0.266 e. The summed E-state index contributed by atoms with van der Waals surface area (Å²) in [5.74, 6) is -0.167. The van der Waals surface area contributed by atoms with E-state index in [-0.39, 0.29) is 17.1 Å². The fourth-order valence-electron chi connectivity index (χ4n) is 2.51. The van der Waals surface area contributed by atoms with Crippen LogP contribution < -0.4 is 14.8 Å². The highest BCUT2D eigenvalue weighted by Crippen LogP contribution is 2.31. The van der Waals surface area contributed by atoms with E-state index >= 15 is 0 Å². The highest BCUT2D eigenvalue weighted by Gasteiger charge is 2.14. The molecule has 3 aromatic carbocycles. The standard InChI is InChI=1S/C23H17FN2O3/c1-28-18-12-10-16(11-13-18)14-17(15-25)23(27)26-20-7-3-5-9-22(20)29-21-8-4-2-6-19(21)24/h2-14H,1H3,(H,26,27)/b17-14-. The van der Waals surface area contributed by atoms with Gasteiger partial charge in [-0.1, -0.05) is 36.4 Å². The van der Waals surface area contributed by atoms with Crippen LogP contribution in [0.1, 0.15) is 5.56 Å². The molecular weight excluding hydrogens is 371 g/mol. The Morgan fingerprint density at radius 3 is 2.31 bits per heavy atom. The third-order valence-corrected chi connectivity index (χ3v) is 3.98. The summed E-state index contributed by atoms with van der Waals surface area (Å²) in [6.07, 6.45) is 1.47. The van der Waals surface area contributed by atoms with Crippen molar-refractivity contribution < 1.29 is 18.7 Å². The number of carbonyl (C=O) groups is 1. The molecule has 1 amide bonds. The normalized spacial score (nSPS) is 10.7. The number of nitrogens with one attached hydrogen (secondary N) is 1. The summed E-state index contributed by atoms with van der Waals surface area (Å²) in [6, 6.07) is 21.4. The van der Waals surface area contributed by atoms with Crippen LogP contribution in [0.25, 0.3) is 6.08 Å². The van der Waals surface area contributed by atoms with Gasteiger partial charge in [0, 0.05) is 0 Å². The minimum Gasteiger partial charge on any atom is -0.497 e. The molecule has 3 rings (SSSR count). The number of nitriles is 1. The van der Waals surface area contributed by atoms with Crippen molar-refractivity contribution in [1.82, 2.24) is 0 Å². The van der Waals surface area contributed by atoms with Gasteiger partial charge in [-0.3, -0.25) is 4.79 Å². The van der Waals surface area contributed by atoms with Gasteiger partial charge in [0.15, 0.2) is 17.3 Å². The molecule has 6 heteroatoms. The number of para-hydroxylation sites is 3. The van der Waals surface area contributed by atoms with E-state index in [0.717, 1.165) is 0 Å². The van der Waals surface area contributed by atoms with Gasteiger partial charge in [0.2, 0.25) is 0 Å². The number of benzene rings is 3. The SMILES string of the molecule is COc1ccc(/C=C(/C#N)C(=O)Nc2ccccc2Oc2ccccc2F)cc1. The molecule has 0 heterocycles. The van der Waals surface area contributed by atoms with Crippen molar-refractivity contribution in [1.29, 1.82) is 5.26 Å². The van der Waals surface area contributed by atoms with Crippen LogP contribution in [0.5, 0.6) is 17.2 Å². The Labute approximate surface area is 167 Å². The number of halogens is 1. The summed E-state index contributed by atoms with van der Waals surface area (Å²) < 4.78 is 24.6. The molecule has 0 aromatic heterocycles. The summed E-state index contributed by atoms with van der Waals surface area (Å²) in [5.41, 5.74) is 0.904. The summed E-state index contributed by atoms with van der Waals surface area (Å²) >= 11 is 0. The van der Waals surface area contributed by atoms with Crippen LogP contribution >= 0.6 is 0 Å². The molecule has 0 aliphatic heterocycles. The molecule has 5 nitrogen and oxygen atoms in total. The molecule has 0 fully saturated rings.